The Kier molecular flexibility index (Phi) is 7.79. The molecular formula is C22H23ClN4O4S. The molecule has 3 aromatic rings. The summed E-state index contributed by atoms with van der Waals surface area (Å²) in [6, 6.07) is 15.9. The molecule has 2 N–H and O–H groups in total. The first-order valence-corrected chi connectivity index (χ1v) is 11.9. The number of halogens is 1. The van der Waals surface area contributed by atoms with Gasteiger partial charge < -0.3 is 5.32 Å². The maximum atomic E-state index is 12.5. The quantitative estimate of drug-likeness (QED) is 0.494. The number of nitrogens with zero attached hydrogens (tertiary/aromatic N) is 2. The van der Waals surface area contributed by atoms with Crippen molar-refractivity contribution < 1.29 is 13.2 Å². The number of sulfonamides is 1. The van der Waals surface area contributed by atoms with Gasteiger partial charge in [0.15, 0.2) is 0 Å². The van der Waals surface area contributed by atoms with E-state index in [4.69, 9.17) is 11.6 Å². The summed E-state index contributed by atoms with van der Waals surface area (Å²) in [6.45, 7) is 1.94. The van der Waals surface area contributed by atoms with Gasteiger partial charge >= 0.3 is 0 Å². The Morgan fingerprint density at radius 3 is 2.38 bits per heavy atom. The molecule has 1 amide bonds. The molecule has 0 aliphatic heterocycles. The van der Waals surface area contributed by atoms with Gasteiger partial charge in [-0.15, -0.1) is 0 Å². The zero-order chi connectivity index (χ0) is 23.1. The first-order chi connectivity index (χ1) is 15.3. The Bertz CT molecular complexity index is 1240. The Morgan fingerprint density at radius 2 is 1.72 bits per heavy atom. The molecule has 0 fully saturated rings. The highest BCUT2D eigenvalue weighted by Gasteiger charge is 2.14. The smallest absolute Gasteiger partial charge is 0.266 e. The molecule has 0 spiro atoms. The fraction of sp³-hybridized carbons (Fsp3) is 0.227. The molecule has 32 heavy (non-hydrogen) atoms. The normalized spacial score (nSPS) is 11.3. The van der Waals surface area contributed by atoms with Gasteiger partial charge in [0.1, 0.15) is 0 Å². The van der Waals surface area contributed by atoms with Crippen molar-refractivity contribution in [3.63, 3.8) is 0 Å². The van der Waals surface area contributed by atoms with Crippen molar-refractivity contribution in [3.8, 4) is 11.3 Å². The van der Waals surface area contributed by atoms with Crippen LogP contribution in [0.15, 0.2) is 70.4 Å². The van der Waals surface area contributed by atoms with Crippen molar-refractivity contribution in [3.05, 3.63) is 76.0 Å². The number of benzene rings is 2. The number of anilines is 1. The number of hydrogen-bond donors (Lipinski definition) is 2. The van der Waals surface area contributed by atoms with Gasteiger partial charge in [0.05, 0.1) is 17.1 Å². The predicted molar refractivity (Wildman–Crippen MR) is 124 cm³/mol. The van der Waals surface area contributed by atoms with Crippen LogP contribution in [-0.2, 0) is 21.4 Å². The lowest BCUT2D eigenvalue weighted by Crippen LogP contribution is -2.32. The van der Waals surface area contributed by atoms with Crippen LogP contribution in [0.25, 0.3) is 11.3 Å². The maximum Gasteiger partial charge on any atom is 0.266 e. The summed E-state index contributed by atoms with van der Waals surface area (Å²) in [7, 11) is -3.79. The molecule has 0 atom stereocenters. The molecule has 8 nitrogen and oxygen atoms in total. The summed E-state index contributed by atoms with van der Waals surface area (Å²) >= 11 is 5.90. The number of carbonyl (C=O) groups excluding carboxylic acids is 1. The molecule has 168 valence electrons. The van der Waals surface area contributed by atoms with E-state index in [0.29, 0.717) is 22.8 Å². The number of amides is 1. The molecule has 0 unspecified atom stereocenters. The molecule has 0 bridgehead atoms. The maximum absolute atomic E-state index is 12.5. The molecule has 0 aliphatic rings. The lowest BCUT2D eigenvalue weighted by Gasteiger charge is -2.10. The minimum Gasteiger partial charge on any atom is -0.326 e. The molecule has 10 heteroatoms. The molecule has 0 saturated carbocycles. The molecule has 1 aromatic heterocycles. The largest absolute Gasteiger partial charge is 0.326 e. The van der Waals surface area contributed by atoms with Crippen LogP contribution in [0, 0.1) is 0 Å². The van der Waals surface area contributed by atoms with Crippen LogP contribution < -0.4 is 15.6 Å². The van der Waals surface area contributed by atoms with E-state index in [-0.39, 0.29) is 29.5 Å². The first-order valence-electron chi connectivity index (χ1n) is 10.0. The second kappa shape index (κ2) is 10.5. The zero-order valence-electron chi connectivity index (χ0n) is 17.4. The van der Waals surface area contributed by atoms with Crippen molar-refractivity contribution in [2.24, 2.45) is 0 Å². The minimum atomic E-state index is -3.79. The van der Waals surface area contributed by atoms with Gasteiger partial charge in [-0.05, 0) is 48.9 Å². The Balaban J connectivity index is 1.64. The predicted octanol–water partition coefficient (Wildman–Crippen LogP) is 3.28. The van der Waals surface area contributed by atoms with Crippen molar-refractivity contribution in [2.75, 3.05) is 11.9 Å². The van der Waals surface area contributed by atoms with Crippen LogP contribution in [0.3, 0.4) is 0 Å². The van der Waals surface area contributed by atoms with Gasteiger partial charge in [-0.25, -0.2) is 17.8 Å². The second-order valence-corrected chi connectivity index (χ2v) is 9.21. The second-order valence-electron chi connectivity index (χ2n) is 7.01. The molecule has 1 heterocycles. The van der Waals surface area contributed by atoms with Gasteiger partial charge in [-0.1, -0.05) is 30.7 Å². The van der Waals surface area contributed by atoms with E-state index in [9.17, 15) is 18.0 Å². The Labute approximate surface area is 191 Å². The van der Waals surface area contributed by atoms with E-state index in [1.165, 1.54) is 35.0 Å². The van der Waals surface area contributed by atoms with Crippen LogP contribution in [0.4, 0.5) is 5.69 Å². The van der Waals surface area contributed by atoms with Crippen LogP contribution in [0.2, 0.25) is 5.02 Å². The van der Waals surface area contributed by atoms with Crippen molar-refractivity contribution in [1.82, 2.24) is 14.5 Å². The number of carbonyl (C=O) groups is 1. The monoisotopic (exact) mass is 474 g/mol. The van der Waals surface area contributed by atoms with E-state index in [2.05, 4.69) is 15.1 Å². The third-order valence-electron chi connectivity index (χ3n) is 4.55. The van der Waals surface area contributed by atoms with Gasteiger partial charge in [0.2, 0.25) is 15.9 Å². The van der Waals surface area contributed by atoms with Crippen LogP contribution in [0.1, 0.15) is 19.8 Å². The average molecular weight is 475 g/mol. The van der Waals surface area contributed by atoms with Crippen molar-refractivity contribution in [1.29, 1.82) is 0 Å². The third kappa shape index (κ3) is 6.25. The van der Waals surface area contributed by atoms with E-state index >= 15 is 0 Å². The summed E-state index contributed by atoms with van der Waals surface area (Å²) < 4.78 is 28.8. The van der Waals surface area contributed by atoms with Gasteiger partial charge in [-0.2, -0.15) is 5.10 Å². The van der Waals surface area contributed by atoms with E-state index in [1.807, 2.05) is 6.92 Å². The fourth-order valence-corrected chi connectivity index (χ4v) is 4.07. The first kappa shape index (κ1) is 23.6. The van der Waals surface area contributed by atoms with Crippen LogP contribution in [0.5, 0.6) is 0 Å². The molecule has 3 rings (SSSR count). The summed E-state index contributed by atoms with van der Waals surface area (Å²) in [6.07, 6.45) is 1.12. The third-order valence-corrected chi connectivity index (χ3v) is 6.28. The Hall–Kier alpha value is -3.01. The topological polar surface area (TPSA) is 110 Å². The molecular weight excluding hydrogens is 452 g/mol. The van der Waals surface area contributed by atoms with Gasteiger partial charge in [0.25, 0.3) is 5.56 Å². The lowest BCUT2D eigenvalue weighted by molar-refractivity contribution is -0.116. The van der Waals surface area contributed by atoms with Crippen LogP contribution >= 0.6 is 11.6 Å². The summed E-state index contributed by atoms with van der Waals surface area (Å²) in [5.41, 5.74) is 1.55. The number of nitrogens with one attached hydrogen (secondary N) is 2. The zero-order valence-corrected chi connectivity index (χ0v) is 19.0. The van der Waals surface area contributed by atoms with Crippen LogP contribution in [-0.4, -0.2) is 30.7 Å². The summed E-state index contributed by atoms with van der Waals surface area (Å²) in [5, 5.41) is 7.60. The number of aromatic nitrogens is 2. The van der Waals surface area contributed by atoms with E-state index in [0.717, 1.165) is 12.0 Å². The van der Waals surface area contributed by atoms with E-state index in [1.54, 1.807) is 30.3 Å². The number of rotatable bonds is 9. The van der Waals surface area contributed by atoms with E-state index < -0.39 is 10.0 Å². The van der Waals surface area contributed by atoms with Gasteiger partial charge in [-0.3, -0.25) is 9.59 Å². The summed E-state index contributed by atoms with van der Waals surface area (Å²) in [5.74, 6) is -0.125. The highest BCUT2D eigenvalue weighted by Crippen LogP contribution is 2.18. The number of hydrogen-bond acceptors (Lipinski definition) is 5. The lowest BCUT2D eigenvalue weighted by atomic mass is 10.1. The molecule has 0 radical (unpaired) electrons. The SMILES string of the molecule is CCCC(=O)Nc1ccc(S(=O)(=O)NCCn2nc(-c3ccc(Cl)cc3)ccc2=O)cc1. The Morgan fingerprint density at radius 1 is 1.03 bits per heavy atom. The van der Waals surface area contributed by atoms with Crippen molar-refractivity contribution in [2.45, 2.75) is 31.2 Å². The molecule has 0 saturated heterocycles. The fourth-order valence-electron chi connectivity index (χ4n) is 2.92. The highest BCUT2D eigenvalue weighted by atomic mass is 35.5. The van der Waals surface area contributed by atoms with Gasteiger partial charge in [0, 0.05) is 35.3 Å². The average Bonchev–Trinajstić information content (AvgIpc) is 2.76. The minimum absolute atomic E-state index is 0.0195. The molecule has 0 aliphatic carbocycles. The molecule has 2 aromatic carbocycles. The standard InChI is InChI=1S/C22H23ClN4O4S/c1-2-3-21(28)25-18-8-10-19(11-9-18)32(30,31)24-14-15-27-22(29)13-12-20(26-27)16-4-6-17(23)7-5-16/h4-13,24H,2-3,14-15H2,1H3,(H,25,28). The highest BCUT2D eigenvalue weighted by molar-refractivity contribution is 7.89. The van der Waals surface area contributed by atoms with Crippen molar-refractivity contribution >= 4 is 33.2 Å². The summed E-state index contributed by atoms with van der Waals surface area (Å²) in [4.78, 5) is 23.8.